The van der Waals surface area contributed by atoms with Crippen molar-refractivity contribution in [3.63, 3.8) is 0 Å². The number of carbonyl (C=O) groups is 2. The SMILES string of the molecule is CS(=O)(=O)c1cccc(NC(=O)CNC(=O)/C=C/c2ccccc2)c1. The number of hydrogen-bond acceptors (Lipinski definition) is 4. The first-order valence-corrected chi connectivity index (χ1v) is 9.35. The summed E-state index contributed by atoms with van der Waals surface area (Å²) in [5.41, 5.74) is 1.22. The zero-order valence-electron chi connectivity index (χ0n) is 13.6. The van der Waals surface area contributed by atoms with Crippen molar-refractivity contribution in [2.75, 3.05) is 18.1 Å². The highest BCUT2D eigenvalue weighted by atomic mass is 32.2. The zero-order valence-corrected chi connectivity index (χ0v) is 14.4. The number of benzene rings is 2. The normalized spacial score (nSPS) is 11.2. The van der Waals surface area contributed by atoms with Gasteiger partial charge < -0.3 is 10.6 Å². The number of carbonyl (C=O) groups excluding carboxylic acids is 2. The summed E-state index contributed by atoms with van der Waals surface area (Å²) in [6.45, 7) is -0.221. The second kappa shape index (κ2) is 8.25. The summed E-state index contributed by atoms with van der Waals surface area (Å²) in [5.74, 6) is -0.851. The predicted molar refractivity (Wildman–Crippen MR) is 96.7 cm³/mol. The lowest BCUT2D eigenvalue weighted by Crippen LogP contribution is -2.31. The number of rotatable bonds is 6. The molecule has 0 saturated heterocycles. The average Bonchev–Trinajstić information content (AvgIpc) is 2.58. The van der Waals surface area contributed by atoms with E-state index in [0.29, 0.717) is 5.69 Å². The highest BCUT2D eigenvalue weighted by Gasteiger charge is 2.09. The molecule has 130 valence electrons. The molecule has 0 unspecified atom stereocenters. The standard InChI is InChI=1S/C18H18N2O4S/c1-25(23,24)16-9-5-8-15(12-16)20-18(22)13-19-17(21)11-10-14-6-3-2-4-7-14/h2-12H,13H2,1H3,(H,19,21)(H,20,22)/b11-10+. The van der Waals surface area contributed by atoms with Gasteiger partial charge in [-0.15, -0.1) is 0 Å². The van der Waals surface area contributed by atoms with Crippen LogP contribution in [-0.4, -0.2) is 33.0 Å². The molecule has 0 aliphatic carbocycles. The molecule has 25 heavy (non-hydrogen) atoms. The first-order valence-electron chi connectivity index (χ1n) is 7.45. The van der Waals surface area contributed by atoms with E-state index in [0.717, 1.165) is 11.8 Å². The Kier molecular flexibility index (Phi) is 6.08. The topological polar surface area (TPSA) is 92.3 Å². The number of amides is 2. The second-order valence-electron chi connectivity index (χ2n) is 5.31. The average molecular weight is 358 g/mol. The Labute approximate surface area is 146 Å². The number of nitrogens with one attached hydrogen (secondary N) is 2. The summed E-state index contributed by atoms with van der Waals surface area (Å²) in [4.78, 5) is 23.7. The first kappa shape index (κ1) is 18.4. The summed E-state index contributed by atoms with van der Waals surface area (Å²) >= 11 is 0. The van der Waals surface area contributed by atoms with Crippen molar-refractivity contribution in [3.05, 3.63) is 66.2 Å². The molecule has 0 atom stereocenters. The lowest BCUT2D eigenvalue weighted by molar-refractivity contribution is -0.121. The van der Waals surface area contributed by atoms with Crippen LogP contribution in [0.3, 0.4) is 0 Å². The van der Waals surface area contributed by atoms with Gasteiger partial charge in [-0.1, -0.05) is 36.4 Å². The Morgan fingerprint density at radius 2 is 1.76 bits per heavy atom. The third-order valence-corrected chi connectivity index (χ3v) is 4.31. The monoisotopic (exact) mass is 358 g/mol. The quantitative estimate of drug-likeness (QED) is 0.771. The molecule has 0 bridgehead atoms. The van der Waals surface area contributed by atoms with Gasteiger partial charge in [0, 0.05) is 18.0 Å². The Balaban J connectivity index is 1.86. The second-order valence-corrected chi connectivity index (χ2v) is 7.33. The third kappa shape index (κ3) is 6.23. The molecule has 2 aromatic carbocycles. The van der Waals surface area contributed by atoms with E-state index in [9.17, 15) is 18.0 Å². The summed E-state index contributed by atoms with van der Waals surface area (Å²) < 4.78 is 23.0. The van der Waals surface area contributed by atoms with Crippen LogP contribution >= 0.6 is 0 Å². The predicted octanol–water partition coefficient (Wildman–Crippen LogP) is 1.86. The largest absolute Gasteiger partial charge is 0.343 e. The minimum atomic E-state index is -3.35. The minimum absolute atomic E-state index is 0.111. The number of sulfone groups is 1. The van der Waals surface area contributed by atoms with E-state index in [1.807, 2.05) is 30.3 Å². The maximum Gasteiger partial charge on any atom is 0.244 e. The van der Waals surface area contributed by atoms with E-state index in [2.05, 4.69) is 10.6 Å². The maximum absolute atomic E-state index is 11.9. The van der Waals surface area contributed by atoms with Crippen molar-refractivity contribution in [1.29, 1.82) is 0 Å². The molecule has 0 heterocycles. The Morgan fingerprint density at radius 1 is 1.04 bits per heavy atom. The van der Waals surface area contributed by atoms with Crippen LogP contribution in [0.25, 0.3) is 6.08 Å². The van der Waals surface area contributed by atoms with Crippen LogP contribution in [0.15, 0.2) is 65.6 Å². The summed E-state index contributed by atoms with van der Waals surface area (Å²) in [7, 11) is -3.35. The molecule has 6 nitrogen and oxygen atoms in total. The van der Waals surface area contributed by atoms with Gasteiger partial charge in [0.15, 0.2) is 9.84 Å². The van der Waals surface area contributed by atoms with Gasteiger partial charge in [0.25, 0.3) is 0 Å². The van der Waals surface area contributed by atoms with E-state index in [1.54, 1.807) is 12.1 Å². The van der Waals surface area contributed by atoms with Crippen molar-refractivity contribution in [2.45, 2.75) is 4.90 Å². The molecule has 2 aromatic rings. The van der Waals surface area contributed by atoms with Crippen molar-refractivity contribution < 1.29 is 18.0 Å². The molecular formula is C18H18N2O4S. The van der Waals surface area contributed by atoms with E-state index >= 15 is 0 Å². The minimum Gasteiger partial charge on any atom is -0.343 e. The van der Waals surface area contributed by atoms with Crippen LogP contribution in [0.4, 0.5) is 5.69 Å². The van der Waals surface area contributed by atoms with Gasteiger partial charge in [-0.3, -0.25) is 9.59 Å². The van der Waals surface area contributed by atoms with E-state index in [-0.39, 0.29) is 11.4 Å². The van der Waals surface area contributed by atoms with Crippen LogP contribution in [0.1, 0.15) is 5.56 Å². The fraction of sp³-hybridized carbons (Fsp3) is 0.111. The van der Waals surface area contributed by atoms with Gasteiger partial charge in [-0.2, -0.15) is 0 Å². The molecule has 0 spiro atoms. The van der Waals surface area contributed by atoms with Gasteiger partial charge in [-0.05, 0) is 29.8 Å². The highest BCUT2D eigenvalue weighted by Crippen LogP contribution is 2.15. The Hall–Kier alpha value is -2.93. The first-order chi connectivity index (χ1) is 11.8. The molecule has 0 fully saturated rings. The van der Waals surface area contributed by atoms with Crippen molar-refractivity contribution in [1.82, 2.24) is 5.32 Å². The maximum atomic E-state index is 11.9. The summed E-state index contributed by atoms with van der Waals surface area (Å²) in [6, 6.07) is 15.2. The third-order valence-electron chi connectivity index (χ3n) is 3.20. The summed E-state index contributed by atoms with van der Waals surface area (Å²) in [5, 5.41) is 5.00. The van der Waals surface area contributed by atoms with Gasteiger partial charge in [-0.25, -0.2) is 8.42 Å². The van der Waals surface area contributed by atoms with Crippen molar-refractivity contribution >= 4 is 33.4 Å². The van der Waals surface area contributed by atoms with Crippen LogP contribution in [0.5, 0.6) is 0 Å². The van der Waals surface area contributed by atoms with Gasteiger partial charge in [0.2, 0.25) is 11.8 Å². The molecule has 2 N–H and O–H groups in total. The van der Waals surface area contributed by atoms with Crippen molar-refractivity contribution in [2.24, 2.45) is 0 Å². The molecular weight excluding hydrogens is 340 g/mol. The molecule has 0 aliphatic heterocycles. The highest BCUT2D eigenvalue weighted by molar-refractivity contribution is 7.90. The molecule has 2 amide bonds. The smallest absolute Gasteiger partial charge is 0.244 e. The van der Waals surface area contributed by atoms with E-state index in [4.69, 9.17) is 0 Å². The van der Waals surface area contributed by atoms with Gasteiger partial charge >= 0.3 is 0 Å². The van der Waals surface area contributed by atoms with E-state index in [1.165, 1.54) is 24.3 Å². The lowest BCUT2D eigenvalue weighted by Gasteiger charge is -2.07. The molecule has 0 aromatic heterocycles. The Morgan fingerprint density at radius 3 is 2.44 bits per heavy atom. The summed E-state index contributed by atoms with van der Waals surface area (Å²) in [6.07, 6.45) is 4.07. The fourth-order valence-electron chi connectivity index (χ4n) is 1.97. The lowest BCUT2D eigenvalue weighted by atomic mass is 10.2. The van der Waals surface area contributed by atoms with Crippen LogP contribution in [0, 0.1) is 0 Å². The molecule has 2 rings (SSSR count). The molecule has 0 radical (unpaired) electrons. The Bertz CT molecular complexity index is 890. The van der Waals surface area contributed by atoms with Crippen LogP contribution in [0.2, 0.25) is 0 Å². The van der Waals surface area contributed by atoms with Gasteiger partial charge in [0.05, 0.1) is 11.4 Å². The fourth-order valence-corrected chi connectivity index (χ4v) is 2.64. The van der Waals surface area contributed by atoms with E-state index < -0.39 is 21.7 Å². The molecule has 0 aliphatic rings. The molecule has 0 saturated carbocycles. The van der Waals surface area contributed by atoms with Crippen LogP contribution < -0.4 is 10.6 Å². The van der Waals surface area contributed by atoms with Crippen molar-refractivity contribution in [3.8, 4) is 0 Å². The van der Waals surface area contributed by atoms with Crippen LogP contribution in [-0.2, 0) is 19.4 Å². The number of hydrogen-bond donors (Lipinski definition) is 2. The zero-order chi connectivity index (χ0) is 18.3. The number of anilines is 1. The molecule has 7 heteroatoms. The van der Waals surface area contributed by atoms with Gasteiger partial charge in [0.1, 0.15) is 0 Å².